The maximum atomic E-state index is 13.1. The van der Waals surface area contributed by atoms with Crippen molar-refractivity contribution in [1.82, 2.24) is 0 Å². The lowest BCUT2D eigenvalue weighted by atomic mass is 9.99. The Morgan fingerprint density at radius 1 is 0.302 bits per heavy atom. The van der Waals surface area contributed by atoms with Crippen LogP contribution in [-0.2, 0) is 65.4 Å². The average Bonchev–Trinajstić information content (AvgIpc) is 1.12. The zero-order chi connectivity index (χ0) is 70.9. The molecule has 570 valence electrons. The largest absolute Gasteiger partial charge is 0.472 e. The molecule has 0 spiro atoms. The van der Waals surface area contributed by atoms with Crippen LogP contribution in [0.15, 0.2) is 0 Å². The lowest BCUT2D eigenvalue weighted by Crippen LogP contribution is -2.30. The van der Waals surface area contributed by atoms with Crippen LogP contribution in [0.4, 0.5) is 0 Å². The minimum atomic E-state index is -4.96. The van der Waals surface area contributed by atoms with E-state index >= 15 is 0 Å². The fraction of sp³-hybridized carbons (Fsp3) is 0.948. The highest BCUT2D eigenvalue weighted by Crippen LogP contribution is 2.45. The Hall–Kier alpha value is -1.94. The SMILES string of the molecule is CCCCCCCCCCCCCCCCCC(=O)OC[C@H](COP(=O)(O)OC[C@@H](O)COP(=O)(O)OC[C@@H](COC(=O)CCCCCCCCCC(C)C)OC(=O)CCCCCCCCCCC(C)CC)OC(=O)CCCCCCCCCCCCCCCCCCC(C)C. The van der Waals surface area contributed by atoms with E-state index in [-0.39, 0.29) is 25.7 Å². The number of phosphoric acid groups is 2. The fourth-order valence-corrected chi connectivity index (χ4v) is 13.3. The predicted molar refractivity (Wildman–Crippen MR) is 391 cm³/mol. The van der Waals surface area contributed by atoms with E-state index in [1.165, 1.54) is 199 Å². The van der Waals surface area contributed by atoms with E-state index < -0.39 is 97.5 Å². The minimum absolute atomic E-state index is 0.104. The number of esters is 4. The highest BCUT2D eigenvalue weighted by Gasteiger charge is 2.30. The van der Waals surface area contributed by atoms with Gasteiger partial charge < -0.3 is 33.8 Å². The van der Waals surface area contributed by atoms with Crippen LogP contribution < -0.4 is 0 Å². The lowest BCUT2D eigenvalue weighted by Gasteiger charge is -2.21. The van der Waals surface area contributed by atoms with Crippen molar-refractivity contribution in [2.24, 2.45) is 17.8 Å². The summed E-state index contributed by atoms with van der Waals surface area (Å²) in [7, 11) is -9.91. The second-order valence-electron chi connectivity index (χ2n) is 28.9. The summed E-state index contributed by atoms with van der Waals surface area (Å²) in [5, 5.41) is 10.6. The first-order valence-corrected chi connectivity index (χ1v) is 42.9. The molecule has 0 aromatic rings. The monoisotopic (exact) mass is 1410 g/mol. The van der Waals surface area contributed by atoms with Gasteiger partial charge in [0.15, 0.2) is 12.2 Å². The molecule has 0 aromatic heterocycles. The summed E-state index contributed by atoms with van der Waals surface area (Å²) in [6, 6.07) is 0. The summed E-state index contributed by atoms with van der Waals surface area (Å²) in [5.41, 5.74) is 0. The van der Waals surface area contributed by atoms with Gasteiger partial charge in [-0.3, -0.25) is 37.3 Å². The maximum absolute atomic E-state index is 13.1. The summed E-state index contributed by atoms with van der Waals surface area (Å²) in [6.45, 7) is 11.9. The van der Waals surface area contributed by atoms with Gasteiger partial charge in [-0.1, -0.05) is 344 Å². The van der Waals surface area contributed by atoms with Crippen molar-refractivity contribution in [2.75, 3.05) is 39.6 Å². The molecular formula is C77H150O17P2. The van der Waals surface area contributed by atoms with Crippen molar-refractivity contribution < 1.29 is 80.2 Å². The number of unbranched alkanes of at least 4 members (excludes halogenated alkanes) is 42. The Kier molecular flexibility index (Phi) is 66.2. The van der Waals surface area contributed by atoms with Crippen LogP contribution in [0.25, 0.3) is 0 Å². The number of hydrogen-bond donors (Lipinski definition) is 3. The van der Waals surface area contributed by atoms with Crippen LogP contribution >= 0.6 is 15.6 Å². The molecule has 0 rings (SSSR count). The summed E-state index contributed by atoms with van der Waals surface area (Å²) >= 11 is 0. The molecular weight excluding hydrogens is 1260 g/mol. The molecule has 17 nitrogen and oxygen atoms in total. The molecule has 3 N–H and O–H groups in total. The first-order chi connectivity index (χ1) is 46.3. The number of phosphoric ester groups is 2. The number of carbonyl (C=O) groups excluding carboxylic acids is 4. The zero-order valence-corrected chi connectivity index (χ0v) is 64.6. The van der Waals surface area contributed by atoms with E-state index in [1.54, 1.807) is 0 Å². The Bertz CT molecular complexity index is 1870. The lowest BCUT2D eigenvalue weighted by molar-refractivity contribution is -0.161. The van der Waals surface area contributed by atoms with Gasteiger partial charge in [0.2, 0.25) is 0 Å². The number of hydrogen-bond acceptors (Lipinski definition) is 15. The van der Waals surface area contributed by atoms with Gasteiger partial charge in [-0.15, -0.1) is 0 Å². The number of ether oxygens (including phenoxy) is 4. The third-order valence-electron chi connectivity index (χ3n) is 18.2. The van der Waals surface area contributed by atoms with Crippen LogP contribution in [0.5, 0.6) is 0 Å². The van der Waals surface area contributed by atoms with Crippen LogP contribution in [0.1, 0.15) is 395 Å². The Morgan fingerprint density at radius 2 is 0.531 bits per heavy atom. The van der Waals surface area contributed by atoms with Crippen LogP contribution in [0.2, 0.25) is 0 Å². The van der Waals surface area contributed by atoms with E-state index in [0.717, 1.165) is 108 Å². The van der Waals surface area contributed by atoms with Gasteiger partial charge in [-0.25, -0.2) is 9.13 Å². The number of rotatable bonds is 75. The predicted octanol–water partition coefficient (Wildman–Crippen LogP) is 22.6. The molecule has 0 saturated carbocycles. The first kappa shape index (κ1) is 94.1. The molecule has 0 aliphatic rings. The van der Waals surface area contributed by atoms with E-state index in [0.29, 0.717) is 31.6 Å². The van der Waals surface area contributed by atoms with Crippen molar-refractivity contribution in [1.29, 1.82) is 0 Å². The van der Waals surface area contributed by atoms with Gasteiger partial charge in [0, 0.05) is 25.7 Å². The topological polar surface area (TPSA) is 237 Å². The van der Waals surface area contributed by atoms with Crippen molar-refractivity contribution in [3.05, 3.63) is 0 Å². The van der Waals surface area contributed by atoms with Crippen LogP contribution in [0, 0.1) is 17.8 Å². The van der Waals surface area contributed by atoms with E-state index in [1.807, 2.05) is 0 Å². The van der Waals surface area contributed by atoms with Crippen molar-refractivity contribution in [2.45, 2.75) is 414 Å². The van der Waals surface area contributed by atoms with Gasteiger partial charge in [0.05, 0.1) is 26.4 Å². The normalized spacial score (nSPS) is 14.3. The van der Waals surface area contributed by atoms with Gasteiger partial charge in [-0.2, -0.15) is 0 Å². The molecule has 3 unspecified atom stereocenters. The summed E-state index contributed by atoms with van der Waals surface area (Å²) in [5.74, 6) is 0.166. The molecule has 0 bridgehead atoms. The van der Waals surface area contributed by atoms with Crippen molar-refractivity contribution in [3.8, 4) is 0 Å². The van der Waals surface area contributed by atoms with E-state index in [2.05, 4.69) is 48.5 Å². The molecule has 6 atom stereocenters. The third-order valence-corrected chi connectivity index (χ3v) is 20.1. The molecule has 0 aliphatic carbocycles. The quantitative estimate of drug-likeness (QED) is 0.0222. The summed E-state index contributed by atoms with van der Waals surface area (Å²) < 4.78 is 68.5. The Morgan fingerprint density at radius 3 is 0.792 bits per heavy atom. The second-order valence-corrected chi connectivity index (χ2v) is 31.8. The molecule has 0 aliphatic heterocycles. The van der Waals surface area contributed by atoms with E-state index in [9.17, 15) is 43.2 Å². The number of aliphatic hydroxyl groups is 1. The highest BCUT2D eigenvalue weighted by molar-refractivity contribution is 7.47. The Balaban J connectivity index is 5.24. The van der Waals surface area contributed by atoms with E-state index in [4.69, 9.17) is 37.0 Å². The molecule has 0 heterocycles. The standard InChI is InChI=1S/C77H150O17P2/c1-8-10-11-12-13-14-15-16-19-23-26-29-37-44-51-58-74(79)87-64-72(93-76(81)60-53-46-38-30-27-24-21-18-17-20-22-25-28-34-41-48-55-68(3)4)66-91-95(83,84)89-62-71(78)63-90-96(85,86)92-67-73(65-88-75(80)59-52-45-40-33-35-42-49-56-69(5)6)94-77(82)61-54-47-39-32-31-36-43-50-57-70(7)9-2/h68-73,78H,8-67H2,1-7H3,(H,83,84)(H,85,86)/t70?,71-,72-,73-/m1/s1. The third kappa shape index (κ3) is 69.2. The van der Waals surface area contributed by atoms with Gasteiger partial charge >= 0.3 is 39.5 Å². The maximum Gasteiger partial charge on any atom is 0.472 e. The first-order valence-electron chi connectivity index (χ1n) is 39.9. The van der Waals surface area contributed by atoms with Crippen LogP contribution in [0.3, 0.4) is 0 Å². The van der Waals surface area contributed by atoms with Gasteiger partial charge in [0.1, 0.15) is 19.3 Å². The van der Waals surface area contributed by atoms with Crippen molar-refractivity contribution in [3.63, 3.8) is 0 Å². The molecule has 0 aromatic carbocycles. The molecule has 0 amide bonds. The molecule has 0 radical (unpaired) electrons. The minimum Gasteiger partial charge on any atom is -0.462 e. The van der Waals surface area contributed by atoms with Gasteiger partial charge in [-0.05, 0) is 43.4 Å². The Labute approximate surface area is 588 Å². The fourth-order valence-electron chi connectivity index (χ4n) is 11.7. The highest BCUT2D eigenvalue weighted by atomic mass is 31.2. The van der Waals surface area contributed by atoms with Crippen molar-refractivity contribution >= 4 is 39.5 Å². The smallest absolute Gasteiger partial charge is 0.462 e. The van der Waals surface area contributed by atoms with Crippen LogP contribution in [-0.4, -0.2) is 96.7 Å². The zero-order valence-electron chi connectivity index (χ0n) is 62.8. The number of carbonyl (C=O) groups is 4. The second kappa shape index (κ2) is 67.5. The summed E-state index contributed by atoms with van der Waals surface area (Å²) in [6.07, 6.45) is 54.1. The number of aliphatic hydroxyl groups excluding tert-OH is 1. The molecule has 0 fully saturated rings. The molecule has 0 saturated heterocycles. The summed E-state index contributed by atoms with van der Waals surface area (Å²) in [4.78, 5) is 72.8. The molecule has 96 heavy (non-hydrogen) atoms. The average molecular weight is 1410 g/mol. The van der Waals surface area contributed by atoms with Gasteiger partial charge in [0.25, 0.3) is 0 Å². The molecule has 19 heteroatoms.